The Morgan fingerprint density at radius 3 is 2.87 bits per heavy atom. The monoisotopic (exact) mass is 207 g/mol. The molecule has 2 rings (SSSR count). The molecule has 1 aliphatic carbocycles. The smallest absolute Gasteiger partial charge is 0.224 e. The molecule has 1 fully saturated rings. The van der Waals surface area contributed by atoms with Crippen LogP contribution in [0.15, 0.2) is 24.3 Å². The molecular weight excluding hydrogens is 193 g/mol. The topological polar surface area (TPSA) is 29.1 Å². The van der Waals surface area contributed by atoms with E-state index in [2.05, 4.69) is 5.32 Å². The third-order valence-electron chi connectivity index (χ3n) is 2.69. The van der Waals surface area contributed by atoms with E-state index in [0.29, 0.717) is 0 Å². The third-order valence-corrected chi connectivity index (χ3v) is 2.69. The molecule has 80 valence electrons. The number of benzene rings is 1. The van der Waals surface area contributed by atoms with Gasteiger partial charge < -0.3 is 5.32 Å². The Hall–Kier alpha value is -1.38. The molecule has 1 aromatic carbocycles. The highest BCUT2D eigenvalue weighted by Gasteiger charge is 2.38. The van der Waals surface area contributed by atoms with E-state index in [1.807, 2.05) is 6.92 Å². The molecule has 0 radical (unpaired) electrons. The lowest BCUT2D eigenvalue weighted by Crippen LogP contribution is -2.35. The van der Waals surface area contributed by atoms with Gasteiger partial charge in [-0.3, -0.25) is 4.79 Å². The van der Waals surface area contributed by atoms with Crippen LogP contribution in [-0.2, 0) is 11.2 Å². The number of carbonyl (C=O) groups is 1. The summed E-state index contributed by atoms with van der Waals surface area (Å²) in [6, 6.07) is 6.16. The zero-order valence-electron chi connectivity index (χ0n) is 8.72. The summed E-state index contributed by atoms with van der Waals surface area (Å²) in [7, 11) is 0. The molecule has 0 saturated heterocycles. The fraction of sp³-hybridized carbons (Fsp3) is 0.417. The van der Waals surface area contributed by atoms with Gasteiger partial charge in [0.05, 0.1) is 6.42 Å². The Bertz CT molecular complexity index is 385. The van der Waals surface area contributed by atoms with Crippen molar-refractivity contribution in [3.63, 3.8) is 0 Å². The van der Waals surface area contributed by atoms with E-state index >= 15 is 0 Å². The molecule has 0 atom stereocenters. The van der Waals surface area contributed by atoms with Crippen LogP contribution in [-0.4, -0.2) is 11.4 Å². The predicted octanol–water partition coefficient (Wildman–Crippen LogP) is 2.04. The van der Waals surface area contributed by atoms with Crippen molar-refractivity contribution in [2.75, 3.05) is 0 Å². The van der Waals surface area contributed by atoms with Crippen LogP contribution in [0, 0.1) is 5.82 Å². The average Bonchev–Trinajstić information content (AvgIpc) is 2.82. The van der Waals surface area contributed by atoms with Crippen LogP contribution in [0.25, 0.3) is 0 Å². The van der Waals surface area contributed by atoms with Crippen LogP contribution in [0.2, 0.25) is 0 Å². The maximum Gasteiger partial charge on any atom is 0.224 e. The molecule has 1 N–H and O–H groups in total. The van der Waals surface area contributed by atoms with Gasteiger partial charge in [-0.2, -0.15) is 0 Å². The summed E-state index contributed by atoms with van der Waals surface area (Å²) in [4.78, 5) is 11.5. The summed E-state index contributed by atoms with van der Waals surface area (Å²) >= 11 is 0. The zero-order valence-corrected chi connectivity index (χ0v) is 8.72. The number of halogens is 1. The Labute approximate surface area is 88.5 Å². The van der Waals surface area contributed by atoms with E-state index in [1.54, 1.807) is 12.1 Å². The van der Waals surface area contributed by atoms with Crippen LogP contribution in [0.4, 0.5) is 4.39 Å². The fourth-order valence-electron chi connectivity index (χ4n) is 1.53. The number of hydrogen-bond acceptors (Lipinski definition) is 1. The molecule has 15 heavy (non-hydrogen) atoms. The summed E-state index contributed by atoms with van der Waals surface area (Å²) in [6.07, 6.45) is 2.34. The van der Waals surface area contributed by atoms with Gasteiger partial charge in [0.1, 0.15) is 5.82 Å². The van der Waals surface area contributed by atoms with Crippen molar-refractivity contribution in [2.45, 2.75) is 31.7 Å². The SMILES string of the molecule is CC1(NC(=O)Cc2cccc(F)c2)CC1. The Balaban J connectivity index is 1.93. The molecule has 0 spiro atoms. The van der Waals surface area contributed by atoms with Gasteiger partial charge in [0.25, 0.3) is 0 Å². The van der Waals surface area contributed by atoms with Crippen molar-refractivity contribution in [1.82, 2.24) is 5.32 Å². The summed E-state index contributed by atoms with van der Waals surface area (Å²) in [5.41, 5.74) is 0.724. The molecule has 1 aromatic rings. The number of nitrogens with one attached hydrogen (secondary N) is 1. The summed E-state index contributed by atoms with van der Waals surface area (Å²) in [5.74, 6) is -0.321. The molecule has 0 aromatic heterocycles. The van der Waals surface area contributed by atoms with Crippen LogP contribution in [0.1, 0.15) is 25.3 Å². The molecular formula is C12H14FNO. The van der Waals surface area contributed by atoms with Gasteiger partial charge in [-0.05, 0) is 37.5 Å². The van der Waals surface area contributed by atoms with Crippen LogP contribution >= 0.6 is 0 Å². The highest BCUT2D eigenvalue weighted by Crippen LogP contribution is 2.34. The summed E-state index contributed by atoms with van der Waals surface area (Å²) < 4.78 is 12.8. The second kappa shape index (κ2) is 3.65. The molecule has 0 aliphatic heterocycles. The van der Waals surface area contributed by atoms with E-state index in [-0.39, 0.29) is 23.7 Å². The minimum absolute atomic E-state index is 0.00437. The molecule has 1 amide bonds. The lowest BCUT2D eigenvalue weighted by atomic mass is 10.1. The van der Waals surface area contributed by atoms with E-state index in [4.69, 9.17) is 0 Å². The largest absolute Gasteiger partial charge is 0.351 e. The highest BCUT2D eigenvalue weighted by molar-refractivity contribution is 5.79. The molecule has 0 unspecified atom stereocenters. The molecule has 2 nitrogen and oxygen atoms in total. The number of amides is 1. The van der Waals surface area contributed by atoms with Crippen molar-refractivity contribution >= 4 is 5.91 Å². The predicted molar refractivity (Wildman–Crippen MR) is 55.9 cm³/mol. The van der Waals surface area contributed by atoms with Gasteiger partial charge in [0.15, 0.2) is 0 Å². The molecule has 3 heteroatoms. The van der Waals surface area contributed by atoms with Gasteiger partial charge in [-0.1, -0.05) is 12.1 Å². The number of rotatable bonds is 3. The zero-order chi connectivity index (χ0) is 10.9. The van der Waals surface area contributed by atoms with Crippen LogP contribution < -0.4 is 5.32 Å². The lowest BCUT2D eigenvalue weighted by molar-refractivity contribution is -0.121. The van der Waals surface area contributed by atoms with Gasteiger partial charge in [0, 0.05) is 5.54 Å². The first-order valence-electron chi connectivity index (χ1n) is 5.13. The van der Waals surface area contributed by atoms with Gasteiger partial charge in [-0.25, -0.2) is 4.39 Å². The van der Waals surface area contributed by atoms with Gasteiger partial charge in [0.2, 0.25) is 5.91 Å². The van der Waals surface area contributed by atoms with Crippen molar-refractivity contribution in [3.05, 3.63) is 35.6 Å². The van der Waals surface area contributed by atoms with Crippen molar-refractivity contribution < 1.29 is 9.18 Å². The van der Waals surface area contributed by atoms with Gasteiger partial charge >= 0.3 is 0 Å². The van der Waals surface area contributed by atoms with Crippen molar-refractivity contribution in [1.29, 1.82) is 0 Å². The summed E-state index contributed by atoms with van der Waals surface area (Å²) in [6.45, 7) is 2.02. The van der Waals surface area contributed by atoms with Crippen LogP contribution in [0.3, 0.4) is 0 Å². The first kappa shape index (κ1) is 10.1. The molecule has 0 bridgehead atoms. The maximum atomic E-state index is 12.8. The minimum Gasteiger partial charge on any atom is -0.351 e. The highest BCUT2D eigenvalue weighted by atomic mass is 19.1. The molecule has 1 aliphatic rings. The van der Waals surface area contributed by atoms with Crippen molar-refractivity contribution in [2.24, 2.45) is 0 Å². The van der Waals surface area contributed by atoms with Crippen LogP contribution in [0.5, 0.6) is 0 Å². The van der Waals surface area contributed by atoms with Gasteiger partial charge in [-0.15, -0.1) is 0 Å². The standard InChI is InChI=1S/C12H14FNO/c1-12(5-6-12)14-11(15)8-9-3-2-4-10(13)7-9/h2-4,7H,5-6,8H2,1H3,(H,14,15). The number of carbonyl (C=O) groups excluding carboxylic acids is 1. The van der Waals surface area contributed by atoms with E-state index < -0.39 is 0 Å². The molecule has 1 saturated carbocycles. The summed E-state index contributed by atoms with van der Waals surface area (Å²) in [5, 5.41) is 2.94. The van der Waals surface area contributed by atoms with E-state index in [9.17, 15) is 9.18 Å². The quantitative estimate of drug-likeness (QED) is 0.807. The first-order chi connectivity index (χ1) is 7.07. The molecule has 0 heterocycles. The normalized spacial score (nSPS) is 17.2. The van der Waals surface area contributed by atoms with E-state index in [0.717, 1.165) is 18.4 Å². The second-order valence-electron chi connectivity index (χ2n) is 4.42. The first-order valence-corrected chi connectivity index (χ1v) is 5.13. The third kappa shape index (κ3) is 2.78. The average molecular weight is 207 g/mol. The Morgan fingerprint density at radius 1 is 1.53 bits per heavy atom. The Kier molecular flexibility index (Phi) is 2.47. The second-order valence-corrected chi connectivity index (χ2v) is 4.42. The van der Waals surface area contributed by atoms with Crippen molar-refractivity contribution in [3.8, 4) is 0 Å². The minimum atomic E-state index is -0.294. The maximum absolute atomic E-state index is 12.8. The Morgan fingerprint density at radius 2 is 2.27 bits per heavy atom. The van der Waals surface area contributed by atoms with E-state index in [1.165, 1.54) is 12.1 Å². The fourth-order valence-corrected chi connectivity index (χ4v) is 1.53. The lowest BCUT2D eigenvalue weighted by Gasteiger charge is -2.11. The number of hydrogen-bond donors (Lipinski definition) is 1.